The fourth-order valence-corrected chi connectivity index (χ4v) is 1.94. The highest BCUT2D eigenvalue weighted by Gasteiger charge is 2.14. The van der Waals surface area contributed by atoms with Crippen LogP contribution >= 0.6 is 15.9 Å². The van der Waals surface area contributed by atoms with Crippen molar-refractivity contribution in [3.05, 3.63) is 52.6 Å². The number of aryl methyl sites for hydroxylation is 1. The Kier molecular flexibility index (Phi) is 4.47. The van der Waals surface area contributed by atoms with Gasteiger partial charge in [-0.2, -0.15) is 0 Å². The SMILES string of the molecule is Cc1cccc(NC(=O)C(=O)Nc2cccc(Br)c2)n1. The largest absolute Gasteiger partial charge is 0.318 e. The van der Waals surface area contributed by atoms with Crippen molar-refractivity contribution in [1.82, 2.24) is 4.98 Å². The van der Waals surface area contributed by atoms with E-state index in [-0.39, 0.29) is 0 Å². The van der Waals surface area contributed by atoms with Crippen LogP contribution in [-0.4, -0.2) is 16.8 Å². The van der Waals surface area contributed by atoms with Gasteiger partial charge in [0.2, 0.25) is 0 Å². The van der Waals surface area contributed by atoms with E-state index in [2.05, 4.69) is 31.5 Å². The zero-order chi connectivity index (χ0) is 14.5. The molecule has 0 saturated heterocycles. The predicted octanol–water partition coefficient (Wildman–Crippen LogP) is 2.73. The molecule has 2 N–H and O–H groups in total. The molecule has 0 aliphatic heterocycles. The monoisotopic (exact) mass is 333 g/mol. The number of rotatable bonds is 2. The quantitative estimate of drug-likeness (QED) is 0.830. The van der Waals surface area contributed by atoms with Gasteiger partial charge in [0.15, 0.2) is 0 Å². The van der Waals surface area contributed by atoms with Crippen molar-refractivity contribution in [3.63, 3.8) is 0 Å². The van der Waals surface area contributed by atoms with E-state index in [1.54, 1.807) is 43.3 Å². The van der Waals surface area contributed by atoms with Gasteiger partial charge < -0.3 is 10.6 Å². The predicted molar refractivity (Wildman–Crippen MR) is 80.4 cm³/mol. The smallest absolute Gasteiger partial charge is 0.315 e. The molecule has 0 fully saturated rings. The fraction of sp³-hybridized carbons (Fsp3) is 0.0714. The summed E-state index contributed by atoms with van der Waals surface area (Å²) >= 11 is 3.29. The second-order valence-electron chi connectivity index (χ2n) is 4.08. The van der Waals surface area contributed by atoms with Crippen LogP contribution in [0.1, 0.15) is 5.69 Å². The first-order chi connectivity index (χ1) is 9.54. The van der Waals surface area contributed by atoms with Crippen molar-refractivity contribution in [2.45, 2.75) is 6.92 Å². The highest BCUT2D eigenvalue weighted by atomic mass is 79.9. The summed E-state index contributed by atoms with van der Waals surface area (Å²) in [5, 5.41) is 4.95. The second kappa shape index (κ2) is 6.29. The number of pyridine rings is 1. The van der Waals surface area contributed by atoms with Crippen molar-refractivity contribution in [2.24, 2.45) is 0 Å². The molecule has 0 atom stereocenters. The number of halogens is 1. The van der Waals surface area contributed by atoms with Crippen LogP contribution in [0, 0.1) is 6.92 Å². The van der Waals surface area contributed by atoms with E-state index in [1.807, 2.05) is 6.07 Å². The van der Waals surface area contributed by atoms with Gasteiger partial charge >= 0.3 is 11.8 Å². The molecule has 1 aromatic heterocycles. The van der Waals surface area contributed by atoms with Crippen molar-refractivity contribution in [3.8, 4) is 0 Å². The highest BCUT2D eigenvalue weighted by molar-refractivity contribution is 9.10. The number of aromatic nitrogens is 1. The summed E-state index contributed by atoms with van der Waals surface area (Å²) in [6, 6.07) is 12.2. The first kappa shape index (κ1) is 14.2. The molecular formula is C14H12BrN3O2. The maximum absolute atomic E-state index is 11.7. The van der Waals surface area contributed by atoms with Crippen LogP contribution in [0.2, 0.25) is 0 Å². The summed E-state index contributed by atoms with van der Waals surface area (Å²) in [5.41, 5.74) is 1.30. The Morgan fingerprint density at radius 1 is 1.05 bits per heavy atom. The van der Waals surface area contributed by atoms with Crippen molar-refractivity contribution >= 4 is 39.2 Å². The van der Waals surface area contributed by atoms with Crippen LogP contribution in [0.25, 0.3) is 0 Å². The Balaban J connectivity index is 2.01. The lowest BCUT2D eigenvalue weighted by atomic mass is 10.3. The van der Waals surface area contributed by atoms with Crippen LogP contribution in [0.5, 0.6) is 0 Å². The highest BCUT2D eigenvalue weighted by Crippen LogP contribution is 2.15. The lowest BCUT2D eigenvalue weighted by Crippen LogP contribution is -2.29. The van der Waals surface area contributed by atoms with E-state index in [9.17, 15) is 9.59 Å². The fourth-order valence-electron chi connectivity index (χ4n) is 1.54. The van der Waals surface area contributed by atoms with Gasteiger partial charge in [-0.05, 0) is 37.3 Å². The lowest BCUT2D eigenvalue weighted by Gasteiger charge is -2.06. The number of benzene rings is 1. The van der Waals surface area contributed by atoms with Crippen LogP contribution in [-0.2, 0) is 9.59 Å². The van der Waals surface area contributed by atoms with E-state index in [0.29, 0.717) is 11.5 Å². The van der Waals surface area contributed by atoms with Gasteiger partial charge in [-0.1, -0.05) is 28.1 Å². The van der Waals surface area contributed by atoms with E-state index < -0.39 is 11.8 Å². The van der Waals surface area contributed by atoms with Gasteiger partial charge in [-0.15, -0.1) is 0 Å². The molecule has 0 spiro atoms. The molecular weight excluding hydrogens is 322 g/mol. The molecule has 2 rings (SSSR count). The molecule has 0 unspecified atom stereocenters. The number of hydrogen-bond donors (Lipinski definition) is 2. The molecule has 1 heterocycles. The number of nitrogens with zero attached hydrogens (tertiary/aromatic N) is 1. The molecule has 2 amide bonds. The molecule has 0 bridgehead atoms. The van der Waals surface area contributed by atoms with Crippen LogP contribution in [0.15, 0.2) is 46.9 Å². The van der Waals surface area contributed by atoms with E-state index in [0.717, 1.165) is 10.2 Å². The van der Waals surface area contributed by atoms with Crippen molar-refractivity contribution in [2.75, 3.05) is 10.6 Å². The summed E-state index contributed by atoms with van der Waals surface area (Å²) in [6.07, 6.45) is 0. The summed E-state index contributed by atoms with van der Waals surface area (Å²) in [6.45, 7) is 1.80. The minimum absolute atomic E-state index is 0.347. The van der Waals surface area contributed by atoms with Gasteiger partial charge in [0.25, 0.3) is 0 Å². The van der Waals surface area contributed by atoms with Gasteiger partial charge in [0.05, 0.1) is 0 Å². The number of amides is 2. The van der Waals surface area contributed by atoms with Crippen LogP contribution in [0.3, 0.4) is 0 Å². The third-order valence-corrected chi connectivity index (χ3v) is 2.91. The normalized spacial score (nSPS) is 9.90. The first-order valence-corrected chi connectivity index (χ1v) is 6.65. The topological polar surface area (TPSA) is 71.1 Å². The Hall–Kier alpha value is -2.21. The average molecular weight is 334 g/mol. The Morgan fingerprint density at radius 3 is 2.45 bits per heavy atom. The van der Waals surface area contributed by atoms with E-state index in [4.69, 9.17) is 0 Å². The zero-order valence-electron chi connectivity index (χ0n) is 10.7. The van der Waals surface area contributed by atoms with Gasteiger partial charge in [0.1, 0.15) is 5.82 Å². The number of anilines is 2. The molecule has 102 valence electrons. The Morgan fingerprint density at radius 2 is 1.75 bits per heavy atom. The van der Waals surface area contributed by atoms with Gasteiger partial charge in [-0.3, -0.25) is 9.59 Å². The van der Waals surface area contributed by atoms with Gasteiger partial charge in [0, 0.05) is 15.9 Å². The van der Waals surface area contributed by atoms with Crippen LogP contribution in [0.4, 0.5) is 11.5 Å². The third-order valence-electron chi connectivity index (χ3n) is 2.42. The molecule has 0 aliphatic rings. The maximum atomic E-state index is 11.7. The standard InChI is InChI=1S/C14H12BrN3O2/c1-9-4-2-7-12(16-9)18-14(20)13(19)17-11-6-3-5-10(15)8-11/h2-8H,1H3,(H,17,19)(H,16,18,20). The van der Waals surface area contributed by atoms with E-state index in [1.165, 1.54) is 0 Å². The minimum Gasteiger partial charge on any atom is -0.318 e. The van der Waals surface area contributed by atoms with Gasteiger partial charge in [-0.25, -0.2) is 4.98 Å². The molecule has 1 aromatic carbocycles. The molecule has 5 nitrogen and oxygen atoms in total. The summed E-state index contributed by atoms with van der Waals surface area (Å²) in [7, 11) is 0. The maximum Gasteiger partial charge on any atom is 0.315 e. The number of carbonyl (C=O) groups excluding carboxylic acids is 2. The van der Waals surface area contributed by atoms with Crippen molar-refractivity contribution < 1.29 is 9.59 Å². The van der Waals surface area contributed by atoms with Crippen molar-refractivity contribution in [1.29, 1.82) is 0 Å². The number of nitrogens with one attached hydrogen (secondary N) is 2. The number of hydrogen-bond acceptors (Lipinski definition) is 3. The molecule has 2 aromatic rings. The first-order valence-electron chi connectivity index (χ1n) is 5.86. The second-order valence-corrected chi connectivity index (χ2v) is 5.00. The van der Waals surface area contributed by atoms with E-state index >= 15 is 0 Å². The molecule has 0 radical (unpaired) electrons. The molecule has 6 heteroatoms. The minimum atomic E-state index is -0.761. The Labute approximate surface area is 124 Å². The summed E-state index contributed by atoms with van der Waals surface area (Å²) in [5.74, 6) is -1.16. The summed E-state index contributed by atoms with van der Waals surface area (Å²) < 4.78 is 0.816. The zero-order valence-corrected chi connectivity index (χ0v) is 12.3. The molecule has 0 saturated carbocycles. The third kappa shape index (κ3) is 3.89. The average Bonchev–Trinajstić information content (AvgIpc) is 2.38. The molecule has 0 aliphatic carbocycles. The summed E-state index contributed by atoms with van der Waals surface area (Å²) in [4.78, 5) is 27.6. The Bertz CT molecular complexity index is 601. The number of carbonyl (C=O) groups is 2. The molecule has 20 heavy (non-hydrogen) atoms. The lowest BCUT2D eigenvalue weighted by molar-refractivity contribution is -0.133. The van der Waals surface area contributed by atoms with Crippen LogP contribution < -0.4 is 10.6 Å².